The highest BCUT2D eigenvalue weighted by Gasteiger charge is 2.21. The summed E-state index contributed by atoms with van der Waals surface area (Å²) in [4.78, 5) is 2.36. The Bertz CT molecular complexity index is 3590. The predicted molar refractivity (Wildman–Crippen MR) is 255 cm³/mol. The highest BCUT2D eigenvalue weighted by molar-refractivity contribution is 6.11. The van der Waals surface area contributed by atoms with E-state index in [9.17, 15) is 0 Å². The average molecular weight is 780 g/mol. The van der Waals surface area contributed by atoms with Crippen LogP contribution >= 0.6 is 0 Å². The molecule has 2 aromatic heterocycles. The molecule has 61 heavy (non-hydrogen) atoms. The van der Waals surface area contributed by atoms with E-state index < -0.39 is 0 Å². The summed E-state index contributed by atoms with van der Waals surface area (Å²) >= 11 is 0. The van der Waals surface area contributed by atoms with Crippen LogP contribution in [-0.2, 0) is 0 Å². The van der Waals surface area contributed by atoms with E-state index >= 15 is 0 Å². The van der Waals surface area contributed by atoms with E-state index in [1.807, 2.05) is 24.3 Å². The van der Waals surface area contributed by atoms with Crippen molar-refractivity contribution in [3.63, 3.8) is 0 Å². The van der Waals surface area contributed by atoms with Crippen LogP contribution in [0.1, 0.15) is 0 Å². The Balaban J connectivity index is 0.987. The van der Waals surface area contributed by atoms with Gasteiger partial charge in [0.05, 0.1) is 5.69 Å². The molecule has 3 nitrogen and oxygen atoms in total. The molecule has 0 aliphatic heterocycles. The zero-order chi connectivity index (χ0) is 40.3. The van der Waals surface area contributed by atoms with Crippen molar-refractivity contribution in [1.82, 2.24) is 0 Å². The fraction of sp³-hybridized carbons (Fsp3) is 0. The minimum absolute atomic E-state index is 0.881. The SMILES string of the molecule is c1cc(-c2ccc(N(c3ccc(-c4cccc5c4oc4ccccc45)cc3)c3ccccc3-c3cccc4c3oc3ccccc34)cc2)cc(-c2cccc3ccccc23)c1. The quantitative estimate of drug-likeness (QED) is 0.161. The number of nitrogens with zero attached hydrogens (tertiary/aromatic N) is 1. The van der Waals surface area contributed by atoms with E-state index in [0.717, 1.165) is 88.8 Å². The van der Waals surface area contributed by atoms with Crippen LogP contribution in [0.4, 0.5) is 17.1 Å². The van der Waals surface area contributed by atoms with Crippen LogP contribution in [0, 0.1) is 0 Å². The number of para-hydroxylation sites is 5. The lowest BCUT2D eigenvalue weighted by atomic mass is 9.95. The summed E-state index contributed by atoms with van der Waals surface area (Å²) in [6.07, 6.45) is 0. The normalized spacial score (nSPS) is 11.6. The highest BCUT2D eigenvalue weighted by atomic mass is 16.3. The molecule has 0 amide bonds. The molecule has 0 spiro atoms. The molecule has 286 valence electrons. The van der Waals surface area contributed by atoms with E-state index in [1.165, 1.54) is 27.5 Å². The van der Waals surface area contributed by atoms with Gasteiger partial charge in [0, 0.05) is 49.6 Å². The lowest BCUT2D eigenvalue weighted by molar-refractivity contribution is 0.669. The standard InChI is InChI=1S/C58H37NO2/c1-2-17-45-39(13-1)14-10-21-46(45)42-16-9-15-41(37-42)38-29-33-43(34-30-38)59(44-35-31-40(32-36-44)47-22-11-24-52-49-19-4-7-27-55(49)60-57(47)52)54-26-6-3-18-48(54)51-23-12-25-53-50-20-5-8-28-56(50)61-58(51)53/h1-37H. The van der Waals surface area contributed by atoms with Gasteiger partial charge in [-0.3, -0.25) is 0 Å². The van der Waals surface area contributed by atoms with Crippen molar-refractivity contribution in [3.8, 4) is 44.5 Å². The van der Waals surface area contributed by atoms with Crippen LogP contribution in [0.25, 0.3) is 99.2 Å². The van der Waals surface area contributed by atoms with E-state index in [2.05, 4.69) is 205 Å². The molecular formula is C58H37NO2. The zero-order valence-electron chi connectivity index (χ0n) is 33.1. The Labute approximate surface area is 353 Å². The van der Waals surface area contributed by atoms with Gasteiger partial charge < -0.3 is 13.7 Å². The first kappa shape index (κ1) is 34.9. The molecular weight excluding hydrogens is 743 g/mol. The van der Waals surface area contributed by atoms with Gasteiger partial charge in [0.2, 0.25) is 0 Å². The molecule has 0 bridgehead atoms. The van der Waals surface area contributed by atoms with Gasteiger partial charge in [-0.2, -0.15) is 0 Å². The first-order valence-electron chi connectivity index (χ1n) is 20.7. The van der Waals surface area contributed by atoms with Crippen molar-refractivity contribution in [2.45, 2.75) is 0 Å². The van der Waals surface area contributed by atoms with Gasteiger partial charge in [0.15, 0.2) is 0 Å². The van der Waals surface area contributed by atoms with Crippen LogP contribution in [0.2, 0.25) is 0 Å². The third-order valence-electron chi connectivity index (χ3n) is 12.1. The number of benzene rings is 10. The fourth-order valence-corrected chi connectivity index (χ4v) is 9.19. The zero-order valence-corrected chi connectivity index (χ0v) is 33.1. The summed E-state index contributed by atoms with van der Waals surface area (Å²) in [5, 5.41) is 6.96. The molecule has 3 heteroatoms. The number of furan rings is 2. The Morgan fingerprint density at radius 3 is 1.48 bits per heavy atom. The first-order chi connectivity index (χ1) is 30.2. The monoisotopic (exact) mass is 779 g/mol. The Morgan fingerprint density at radius 2 is 0.754 bits per heavy atom. The van der Waals surface area contributed by atoms with Crippen molar-refractivity contribution in [3.05, 3.63) is 224 Å². The smallest absolute Gasteiger partial charge is 0.143 e. The third kappa shape index (κ3) is 5.90. The summed E-state index contributed by atoms with van der Waals surface area (Å²) in [5.41, 5.74) is 15.7. The van der Waals surface area contributed by atoms with Crippen LogP contribution < -0.4 is 4.90 Å². The molecule has 0 unspecified atom stereocenters. The topological polar surface area (TPSA) is 29.5 Å². The molecule has 0 aliphatic rings. The molecule has 2 heterocycles. The number of rotatable bonds is 7. The van der Waals surface area contributed by atoms with Crippen LogP contribution in [0.5, 0.6) is 0 Å². The maximum atomic E-state index is 6.61. The van der Waals surface area contributed by atoms with E-state index in [1.54, 1.807) is 0 Å². The molecule has 12 aromatic rings. The Kier molecular flexibility index (Phi) is 8.17. The van der Waals surface area contributed by atoms with Gasteiger partial charge in [0.25, 0.3) is 0 Å². The van der Waals surface area contributed by atoms with Crippen LogP contribution in [0.3, 0.4) is 0 Å². The van der Waals surface area contributed by atoms with Crippen LogP contribution in [0.15, 0.2) is 233 Å². The molecule has 0 aliphatic carbocycles. The first-order valence-corrected chi connectivity index (χ1v) is 20.7. The second kappa shape index (κ2) is 14.3. The largest absolute Gasteiger partial charge is 0.455 e. The average Bonchev–Trinajstić information content (AvgIpc) is 3.91. The van der Waals surface area contributed by atoms with Gasteiger partial charge >= 0.3 is 0 Å². The molecule has 12 rings (SSSR count). The minimum atomic E-state index is 0.881. The maximum absolute atomic E-state index is 6.61. The fourth-order valence-electron chi connectivity index (χ4n) is 9.19. The van der Waals surface area contributed by atoms with Gasteiger partial charge in [-0.25, -0.2) is 0 Å². The van der Waals surface area contributed by atoms with Crippen molar-refractivity contribution < 1.29 is 8.83 Å². The second-order valence-electron chi connectivity index (χ2n) is 15.6. The van der Waals surface area contributed by atoms with Crippen LogP contribution in [-0.4, -0.2) is 0 Å². The number of anilines is 3. The molecule has 0 radical (unpaired) electrons. The third-order valence-corrected chi connectivity index (χ3v) is 12.1. The summed E-state index contributed by atoms with van der Waals surface area (Å²) < 4.78 is 13.1. The van der Waals surface area contributed by atoms with Gasteiger partial charge in [-0.15, -0.1) is 0 Å². The number of hydrogen-bond acceptors (Lipinski definition) is 3. The van der Waals surface area contributed by atoms with Crippen molar-refractivity contribution in [1.29, 1.82) is 0 Å². The van der Waals surface area contributed by atoms with Gasteiger partial charge in [0.1, 0.15) is 22.3 Å². The Morgan fingerprint density at radius 1 is 0.279 bits per heavy atom. The van der Waals surface area contributed by atoms with Gasteiger partial charge in [-0.05, 0) is 87.1 Å². The van der Waals surface area contributed by atoms with Crippen molar-refractivity contribution in [2.24, 2.45) is 0 Å². The molecule has 10 aromatic carbocycles. The minimum Gasteiger partial charge on any atom is -0.455 e. The lowest BCUT2D eigenvalue weighted by Crippen LogP contribution is -2.11. The maximum Gasteiger partial charge on any atom is 0.143 e. The van der Waals surface area contributed by atoms with E-state index in [4.69, 9.17) is 8.83 Å². The molecule has 0 N–H and O–H groups in total. The van der Waals surface area contributed by atoms with Crippen molar-refractivity contribution in [2.75, 3.05) is 4.90 Å². The summed E-state index contributed by atoms with van der Waals surface area (Å²) in [6.45, 7) is 0. The molecule has 0 saturated heterocycles. The lowest BCUT2D eigenvalue weighted by Gasteiger charge is -2.28. The van der Waals surface area contributed by atoms with E-state index in [0.29, 0.717) is 0 Å². The molecule has 0 atom stereocenters. The number of fused-ring (bicyclic) bond motifs is 7. The summed E-state index contributed by atoms with van der Waals surface area (Å²) in [7, 11) is 0. The predicted octanol–water partition coefficient (Wildman–Crippen LogP) is 16.8. The molecule has 0 fully saturated rings. The Hall–Kier alpha value is -8.14. The van der Waals surface area contributed by atoms with Gasteiger partial charge in [-0.1, -0.05) is 176 Å². The van der Waals surface area contributed by atoms with E-state index in [-0.39, 0.29) is 0 Å². The number of hydrogen-bond donors (Lipinski definition) is 0. The highest BCUT2D eigenvalue weighted by Crippen LogP contribution is 2.45. The second-order valence-corrected chi connectivity index (χ2v) is 15.6. The molecule has 0 saturated carbocycles. The van der Waals surface area contributed by atoms with Crippen molar-refractivity contribution >= 4 is 71.7 Å². The summed E-state index contributed by atoms with van der Waals surface area (Å²) in [5.74, 6) is 0. The summed E-state index contributed by atoms with van der Waals surface area (Å²) in [6, 6.07) is 79.9.